The highest BCUT2D eigenvalue weighted by Gasteiger charge is 2.14. The Labute approximate surface area is 137 Å². The molecule has 0 spiro atoms. The Morgan fingerprint density at radius 2 is 2.04 bits per heavy atom. The number of nitrogens with two attached hydrogens (primary N) is 1. The second kappa shape index (κ2) is 5.97. The third-order valence-corrected chi connectivity index (χ3v) is 3.79. The predicted octanol–water partition coefficient (Wildman–Crippen LogP) is 1.92. The molecule has 0 atom stereocenters. The van der Waals surface area contributed by atoms with Crippen LogP contribution < -0.4 is 11.3 Å². The van der Waals surface area contributed by atoms with Crippen LogP contribution in [0, 0.1) is 11.3 Å². The van der Waals surface area contributed by atoms with Gasteiger partial charge in [-0.15, -0.1) is 0 Å². The molecule has 0 aliphatic carbocycles. The molecule has 0 fully saturated rings. The smallest absolute Gasteiger partial charge is 0.266 e. The summed E-state index contributed by atoms with van der Waals surface area (Å²) in [6, 6.07) is 13.5. The van der Waals surface area contributed by atoms with Crippen LogP contribution in [0.2, 0.25) is 0 Å². The quantitative estimate of drug-likeness (QED) is 0.797. The second-order valence-electron chi connectivity index (χ2n) is 5.25. The third kappa shape index (κ3) is 2.42. The van der Waals surface area contributed by atoms with Crippen LogP contribution in [0.5, 0.6) is 0 Å². The van der Waals surface area contributed by atoms with E-state index in [2.05, 4.69) is 11.1 Å². The Bertz CT molecular complexity index is 1060. The molecule has 0 saturated carbocycles. The Morgan fingerprint density at radius 1 is 1.29 bits per heavy atom. The van der Waals surface area contributed by atoms with E-state index in [4.69, 9.17) is 5.73 Å². The summed E-state index contributed by atoms with van der Waals surface area (Å²) in [7, 11) is 0. The summed E-state index contributed by atoms with van der Waals surface area (Å²) in [5, 5.41) is 9.58. The first kappa shape index (κ1) is 15.4. The number of primary amides is 1. The zero-order valence-corrected chi connectivity index (χ0v) is 13.0. The first-order valence-electron chi connectivity index (χ1n) is 7.41. The largest absolute Gasteiger partial charge is 0.366 e. The van der Waals surface area contributed by atoms with Crippen molar-refractivity contribution >= 4 is 16.8 Å². The van der Waals surface area contributed by atoms with E-state index < -0.39 is 5.91 Å². The standard InChI is InChI=1S/C18H14N4O2/c1-2-15-21-16-12(10-19)6-4-8-14(16)18(24)22(15)13-7-3-5-11(9-13)17(20)23/h3-9H,2H2,1H3,(H2,20,23). The summed E-state index contributed by atoms with van der Waals surface area (Å²) < 4.78 is 1.45. The number of amides is 1. The Kier molecular flexibility index (Phi) is 3.84. The molecule has 0 radical (unpaired) electrons. The van der Waals surface area contributed by atoms with E-state index in [-0.39, 0.29) is 5.56 Å². The second-order valence-corrected chi connectivity index (χ2v) is 5.25. The summed E-state index contributed by atoms with van der Waals surface area (Å²) >= 11 is 0. The van der Waals surface area contributed by atoms with Gasteiger partial charge in [-0.1, -0.05) is 19.1 Å². The number of hydrogen-bond acceptors (Lipinski definition) is 4. The van der Waals surface area contributed by atoms with Gasteiger partial charge in [0.05, 0.1) is 22.2 Å². The van der Waals surface area contributed by atoms with E-state index in [1.165, 1.54) is 4.57 Å². The van der Waals surface area contributed by atoms with Crippen LogP contribution in [0.4, 0.5) is 0 Å². The van der Waals surface area contributed by atoms with Crippen molar-refractivity contribution in [2.24, 2.45) is 5.73 Å². The molecule has 1 amide bonds. The summed E-state index contributed by atoms with van der Waals surface area (Å²) in [5.41, 5.74) is 6.62. The Hall–Kier alpha value is -3.46. The van der Waals surface area contributed by atoms with Crippen LogP contribution in [0.15, 0.2) is 47.3 Å². The fourth-order valence-electron chi connectivity index (χ4n) is 2.65. The molecule has 0 saturated heterocycles. The molecule has 0 aliphatic heterocycles. The van der Waals surface area contributed by atoms with E-state index in [0.717, 1.165) is 0 Å². The van der Waals surface area contributed by atoms with Crippen LogP contribution in [0.25, 0.3) is 16.6 Å². The number of carbonyl (C=O) groups is 1. The number of aromatic nitrogens is 2. The number of hydrogen-bond donors (Lipinski definition) is 1. The Morgan fingerprint density at radius 3 is 2.71 bits per heavy atom. The van der Waals surface area contributed by atoms with Gasteiger partial charge in [0.25, 0.3) is 5.56 Å². The van der Waals surface area contributed by atoms with Crippen molar-refractivity contribution in [1.82, 2.24) is 9.55 Å². The molecule has 2 N–H and O–H groups in total. The van der Waals surface area contributed by atoms with E-state index in [1.807, 2.05) is 6.92 Å². The van der Waals surface area contributed by atoms with Gasteiger partial charge in [0.2, 0.25) is 5.91 Å². The lowest BCUT2D eigenvalue weighted by atomic mass is 10.1. The normalized spacial score (nSPS) is 10.5. The van der Waals surface area contributed by atoms with Gasteiger partial charge in [-0.25, -0.2) is 4.98 Å². The molecule has 0 unspecified atom stereocenters. The number of nitrogens with zero attached hydrogens (tertiary/aromatic N) is 3. The average Bonchev–Trinajstić information content (AvgIpc) is 2.61. The van der Waals surface area contributed by atoms with E-state index in [0.29, 0.717) is 40.0 Å². The zero-order chi connectivity index (χ0) is 17.3. The first-order chi connectivity index (χ1) is 11.6. The summed E-state index contributed by atoms with van der Waals surface area (Å²) in [6.45, 7) is 1.87. The van der Waals surface area contributed by atoms with Gasteiger partial charge in [0, 0.05) is 12.0 Å². The lowest BCUT2D eigenvalue weighted by Gasteiger charge is -2.13. The van der Waals surface area contributed by atoms with Crippen molar-refractivity contribution in [2.45, 2.75) is 13.3 Å². The number of nitriles is 1. The number of benzene rings is 2. The number of para-hydroxylation sites is 1. The molecule has 6 heteroatoms. The monoisotopic (exact) mass is 318 g/mol. The van der Waals surface area contributed by atoms with Crippen LogP contribution in [0.3, 0.4) is 0 Å². The maximum absolute atomic E-state index is 13.0. The van der Waals surface area contributed by atoms with Crippen LogP contribution in [-0.4, -0.2) is 15.5 Å². The molecule has 3 aromatic rings. The number of carbonyl (C=O) groups excluding carboxylic acids is 1. The van der Waals surface area contributed by atoms with Gasteiger partial charge >= 0.3 is 0 Å². The summed E-state index contributed by atoms with van der Waals surface area (Å²) in [6.07, 6.45) is 0.492. The lowest BCUT2D eigenvalue weighted by molar-refractivity contribution is 0.1000. The van der Waals surface area contributed by atoms with Crippen LogP contribution in [-0.2, 0) is 6.42 Å². The zero-order valence-electron chi connectivity index (χ0n) is 13.0. The minimum absolute atomic E-state index is 0.282. The number of fused-ring (bicyclic) bond motifs is 1. The highest BCUT2D eigenvalue weighted by molar-refractivity contribution is 5.93. The molecule has 1 heterocycles. The topological polar surface area (TPSA) is 102 Å². The predicted molar refractivity (Wildman–Crippen MR) is 90.0 cm³/mol. The molecular weight excluding hydrogens is 304 g/mol. The van der Waals surface area contributed by atoms with Gasteiger partial charge in [-0.05, 0) is 30.3 Å². The maximum atomic E-state index is 13.0. The van der Waals surface area contributed by atoms with Crippen molar-refractivity contribution in [1.29, 1.82) is 5.26 Å². The first-order valence-corrected chi connectivity index (χ1v) is 7.41. The molecule has 1 aromatic heterocycles. The third-order valence-electron chi connectivity index (χ3n) is 3.79. The molecule has 3 rings (SSSR count). The fourth-order valence-corrected chi connectivity index (χ4v) is 2.65. The van der Waals surface area contributed by atoms with Gasteiger partial charge < -0.3 is 5.73 Å². The van der Waals surface area contributed by atoms with E-state index in [9.17, 15) is 14.9 Å². The van der Waals surface area contributed by atoms with Gasteiger partial charge in [0.15, 0.2) is 0 Å². The van der Waals surface area contributed by atoms with Crippen LogP contribution in [0.1, 0.15) is 28.7 Å². The fraction of sp³-hybridized carbons (Fsp3) is 0.111. The van der Waals surface area contributed by atoms with Crippen LogP contribution >= 0.6 is 0 Å². The SMILES string of the molecule is CCc1nc2c(C#N)cccc2c(=O)n1-c1cccc(C(N)=O)c1. The molecule has 0 bridgehead atoms. The van der Waals surface area contributed by atoms with E-state index in [1.54, 1.807) is 42.5 Å². The van der Waals surface area contributed by atoms with Crippen molar-refractivity contribution in [3.8, 4) is 11.8 Å². The summed E-state index contributed by atoms with van der Waals surface area (Å²) in [4.78, 5) is 28.9. The van der Waals surface area contributed by atoms with Gasteiger partial charge in [-0.3, -0.25) is 14.2 Å². The molecule has 0 aliphatic rings. The molecule has 6 nitrogen and oxygen atoms in total. The van der Waals surface area contributed by atoms with Gasteiger partial charge in [0.1, 0.15) is 11.9 Å². The van der Waals surface area contributed by atoms with Crippen molar-refractivity contribution in [3.05, 3.63) is 69.8 Å². The number of aryl methyl sites for hydroxylation is 1. The average molecular weight is 318 g/mol. The molecule has 118 valence electrons. The van der Waals surface area contributed by atoms with Crippen molar-refractivity contribution in [2.75, 3.05) is 0 Å². The molecule has 24 heavy (non-hydrogen) atoms. The van der Waals surface area contributed by atoms with Crippen molar-refractivity contribution in [3.63, 3.8) is 0 Å². The molecular formula is C18H14N4O2. The lowest BCUT2D eigenvalue weighted by Crippen LogP contribution is -2.24. The van der Waals surface area contributed by atoms with E-state index >= 15 is 0 Å². The molecule has 2 aromatic carbocycles. The minimum Gasteiger partial charge on any atom is -0.366 e. The highest BCUT2D eigenvalue weighted by atomic mass is 16.1. The minimum atomic E-state index is -0.566. The van der Waals surface area contributed by atoms with Crippen molar-refractivity contribution < 1.29 is 4.79 Å². The highest BCUT2D eigenvalue weighted by Crippen LogP contribution is 2.17. The summed E-state index contributed by atoms with van der Waals surface area (Å²) in [5.74, 6) is -0.0553. The van der Waals surface area contributed by atoms with Gasteiger partial charge in [-0.2, -0.15) is 5.26 Å². The number of rotatable bonds is 3. The Balaban J connectivity index is 2.39. The maximum Gasteiger partial charge on any atom is 0.266 e.